The molecule has 0 aromatic heterocycles. The quantitative estimate of drug-likeness (QED) is 0.725. The fourth-order valence-electron chi connectivity index (χ4n) is 3.28. The van der Waals surface area contributed by atoms with E-state index in [1.54, 1.807) is 0 Å². The molecule has 2 rings (SSSR count). The van der Waals surface area contributed by atoms with Crippen LogP contribution in [0.25, 0.3) is 0 Å². The summed E-state index contributed by atoms with van der Waals surface area (Å²) >= 11 is 0. The lowest BCUT2D eigenvalue weighted by molar-refractivity contribution is -0.185. The van der Waals surface area contributed by atoms with Crippen LogP contribution in [0.3, 0.4) is 0 Å². The van der Waals surface area contributed by atoms with Crippen molar-refractivity contribution in [2.75, 3.05) is 20.3 Å². The van der Waals surface area contributed by atoms with Gasteiger partial charge in [-0.15, -0.1) is 0 Å². The first-order valence-electron chi connectivity index (χ1n) is 7.04. The molecule has 1 saturated carbocycles. The number of methoxy groups -OCH3 is 1. The highest BCUT2D eigenvalue weighted by atomic mass is 16.7. The number of esters is 1. The van der Waals surface area contributed by atoms with Gasteiger partial charge < -0.3 is 14.2 Å². The van der Waals surface area contributed by atoms with Gasteiger partial charge in [0.1, 0.15) is 0 Å². The van der Waals surface area contributed by atoms with Gasteiger partial charge in [-0.1, -0.05) is 13.3 Å². The molecule has 0 bridgehead atoms. The Morgan fingerprint density at radius 3 is 2.44 bits per heavy atom. The molecule has 1 unspecified atom stereocenters. The molecule has 0 radical (unpaired) electrons. The zero-order chi connectivity index (χ0) is 13.0. The van der Waals surface area contributed by atoms with E-state index in [9.17, 15) is 4.79 Å². The monoisotopic (exact) mass is 256 g/mol. The lowest BCUT2D eigenvalue weighted by Gasteiger charge is -2.38. The van der Waals surface area contributed by atoms with Gasteiger partial charge in [-0.05, 0) is 24.7 Å². The highest BCUT2D eigenvalue weighted by molar-refractivity contribution is 5.69. The first-order valence-corrected chi connectivity index (χ1v) is 7.04. The minimum atomic E-state index is -0.292. The molecule has 1 spiro atoms. The molecular weight excluding hydrogens is 232 g/mol. The lowest BCUT2D eigenvalue weighted by atomic mass is 9.75. The molecule has 0 aromatic carbocycles. The van der Waals surface area contributed by atoms with Crippen molar-refractivity contribution in [1.82, 2.24) is 0 Å². The van der Waals surface area contributed by atoms with Crippen molar-refractivity contribution in [1.29, 1.82) is 0 Å². The highest BCUT2D eigenvalue weighted by Crippen LogP contribution is 2.42. The number of ether oxygens (including phenoxy) is 3. The molecule has 4 nitrogen and oxygen atoms in total. The molecule has 1 aliphatic carbocycles. The van der Waals surface area contributed by atoms with Gasteiger partial charge in [0.25, 0.3) is 0 Å². The van der Waals surface area contributed by atoms with E-state index in [4.69, 9.17) is 14.2 Å². The molecule has 0 amide bonds. The van der Waals surface area contributed by atoms with Crippen molar-refractivity contribution in [2.45, 2.75) is 51.2 Å². The summed E-state index contributed by atoms with van der Waals surface area (Å²) in [5, 5.41) is 0. The van der Waals surface area contributed by atoms with Crippen LogP contribution in [0.4, 0.5) is 0 Å². The van der Waals surface area contributed by atoms with E-state index in [-0.39, 0.29) is 11.8 Å². The van der Waals surface area contributed by atoms with Gasteiger partial charge in [-0.2, -0.15) is 0 Å². The van der Waals surface area contributed by atoms with Crippen molar-refractivity contribution in [3.8, 4) is 0 Å². The number of hydrogen-bond acceptors (Lipinski definition) is 4. The maximum atomic E-state index is 11.4. The van der Waals surface area contributed by atoms with E-state index >= 15 is 0 Å². The SMILES string of the molecule is CCC(CC(=O)OC)C1CCC2(CC1)OCCO2. The van der Waals surface area contributed by atoms with Gasteiger partial charge in [0.05, 0.1) is 20.3 Å². The molecule has 4 heteroatoms. The Morgan fingerprint density at radius 1 is 1.33 bits per heavy atom. The Balaban J connectivity index is 1.85. The van der Waals surface area contributed by atoms with Gasteiger partial charge in [-0.3, -0.25) is 4.79 Å². The molecule has 1 saturated heterocycles. The number of carbonyl (C=O) groups excluding carboxylic acids is 1. The molecule has 0 N–H and O–H groups in total. The van der Waals surface area contributed by atoms with E-state index in [0.717, 1.165) is 45.3 Å². The third kappa shape index (κ3) is 3.04. The Morgan fingerprint density at radius 2 is 1.94 bits per heavy atom. The first-order chi connectivity index (χ1) is 8.69. The topological polar surface area (TPSA) is 44.8 Å². The Hall–Kier alpha value is -0.610. The van der Waals surface area contributed by atoms with Crippen molar-refractivity contribution in [2.24, 2.45) is 11.8 Å². The number of carbonyl (C=O) groups is 1. The predicted molar refractivity (Wildman–Crippen MR) is 67.0 cm³/mol. The minimum Gasteiger partial charge on any atom is -0.469 e. The van der Waals surface area contributed by atoms with Crippen molar-refractivity contribution in [3.63, 3.8) is 0 Å². The fourth-order valence-corrected chi connectivity index (χ4v) is 3.28. The van der Waals surface area contributed by atoms with E-state index in [1.807, 2.05) is 0 Å². The maximum absolute atomic E-state index is 11.4. The van der Waals surface area contributed by atoms with Crippen LogP contribution < -0.4 is 0 Å². The minimum absolute atomic E-state index is 0.0875. The molecule has 2 aliphatic rings. The van der Waals surface area contributed by atoms with Gasteiger partial charge in [0.15, 0.2) is 5.79 Å². The largest absolute Gasteiger partial charge is 0.469 e. The van der Waals surface area contributed by atoms with E-state index < -0.39 is 0 Å². The maximum Gasteiger partial charge on any atom is 0.305 e. The van der Waals surface area contributed by atoms with E-state index in [2.05, 4.69) is 6.92 Å². The average molecular weight is 256 g/mol. The van der Waals surface area contributed by atoms with Crippen LogP contribution in [0.5, 0.6) is 0 Å². The summed E-state index contributed by atoms with van der Waals surface area (Å²) in [6.45, 7) is 3.61. The molecule has 1 heterocycles. The first kappa shape index (κ1) is 13.8. The normalized spacial score (nSPS) is 25.2. The van der Waals surface area contributed by atoms with E-state index in [0.29, 0.717) is 18.3 Å². The smallest absolute Gasteiger partial charge is 0.305 e. The van der Waals surface area contributed by atoms with Crippen LogP contribution in [0.2, 0.25) is 0 Å². The fraction of sp³-hybridized carbons (Fsp3) is 0.929. The standard InChI is InChI=1S/C14H24O4/c1-3-11(10-13(15)16-2)12-4-6-14(7-5-12)17-8-9-18-14/h11-12H,3-10H2,1-2H3. The zero-order valence-corrected chi connectivity index (χ0v) is 11.4. The number of hydrogen-bond donors (Lipinski definition) is 0. The summed E-state index contributed by atoms with van der Waals surface area (Å²) in [7, 11) is 1.46. The van der Waals surface area contributed by atoms with E-state index in [1.165, 1.54) is 7.11 Å². The Kier molecular flexibility index (Phi) is 4.62. The highest BCUT2D eigenvalue weighted by Gasteiger charge is 2.41. The molecule has 2 fully saturated rings. The molecule has 1 atom stereocenters. The molecule has 104 valence electrons. The molecule has 18 heavy (non-hydrogen) atoms. The summed E-state index contributed by atoms with van der Waals surface area (Å²) in [6.07, 6.45) is 5.70. The average Bonchev–Trinajstić information content (AvgIpc) is 2.85. The lowest BCUT2D eigenvalue weighted by Crippen LogP contribution is -2.37. The van der Waals surface area contributed by atoms with Crippen LogP contribution in [-0.2, 0) is 19.0 Å². The third-order valence-corrected chi connectivity index (χ3v) is 4.45. The van der Waals surface area contributed by atoms with Crippen LogP contribution >= 0.6 is 0 Å². The second-order valence-corrected chi connectivity index (χ2v) is 5.39. The second-order valence-electron chi connectivity index (χ2n) is 5.39. The molecule has 0 aromatic rings. The van der Waals surface area contributed by atoms with Gasteiger partial charge in [0, 0.05) is 19.3 Å². The molecular formula is C14H24O4. The van der Waals surface area contributed by atoms with Gasteiger partial charge in [0.2, 0.25) is 0 Å². The zero-order valence-electron chi connectivity index (χ0n) is 11.4. The van der Waals surface area contributed by atoms with Crippen molar-refractivity contribution < 1.29 is 19.0 Å². The summed E-state index contributed by atoms with van der Waals surface area (Å²) in [4.78, 5) is 11.4. The third-order valence-electron chi connectivity index (χ3n) is 4.45. The Bertz CT molecular complexity index is 274. The van der Waals surface area contributed by atoms with Gasteiger partial charge in [-0.25, -0.2) is 0 Å². The summed E-state index contributed by atoms with van der Waals surface area (Å²) < 4.78 is 16.2. The van der Waals surface area contributed by atoms with Crippen molar-refractivity contribution in [3.05, 3.63) is 0 Å². The Labute approximate surface area is 109 Å². The van der Waals surface area contributed by atoms with Crippen molar-refractivity contribution >= 4 is 5.97 Å². The van der Waals surface area contributed by atoms with Crippen LogP contribution in [-0.4, -0.2) is 32.1 Å². The summed E-state index contributed by atoms with van der Waals surface area (Å²) in [6, 6.07) is 0. The summed E-state index contributed by atoms with van der Waals surface area (Å²) in [5.41, 5.74) is 0. The predicted octanol–water partition coefficient (Wildman–Crippen LogP) is 2.51. The molecule has 1 aliphatic heterocycles. The second kappa shape index (κ2) is 6.02. The van der Waals surface area contributed by atoms with Crippen LogP contribution in [0, 0.1) is 11.8 Å². The number of rotatable bonds is 4. The van der Waals surface area contributed by atoms with Gasteiger partial charge >= 0.3 is 5.97 Å². The summed E-state index contributed by atoms with van der Waals surface area (Å²) in [5.74, 6) is 0.666. The van der Waals surface area contributed by atoms with Crippen LogP contribution in [0.15, 0.2) is 0 Å². The van der Waals surface area contributed by atoms with Crippen LogP contribution in [0.1, 0.15) is 45.4 Å².